The van der Waals surface area contributed by atoms with Gasteiger partial charge in [0.15, 0.2) is 0 Å². The summed E-state index contributed by atoms with van der Waals surface area (Å²) in [7, 11) is 3.05. The summed E-state index contributed by atoms with van der Waals surface area (Å²) in [5.74, 6) is 1.70. The first kappa shape index (κ1) is 23.6. The van der Waals surface area contributed by atoms with Crippen molar-refractivity contribution in [3.8, 4) is 28.6 Å². The Morgan fingerprint density at radius 3 is 2.42 bits per heavy atom. The highest BCUT2D eigenvalue weighted by Crippen LogP contribution is 2.46. The molecule has 176 valence electrons. The van der Waals surface area contributed by atoms with Gasteiger partial charge >= 0.3 is 0 Å². The summed E-state index contributed by atoms with van der Waals surface area (Å²) < 4.78 is 22.4. The summed E-state index contributed by atoms with van der Waals surface area (Å²) in [6.45, 7) is 5.27. The van der Waals surface area contributed by atoms with Crippen molar-refractivity contribution in [2.24, 2.45) is 0 Å². The maximum absolute atomic E-state index is 6.62. The molecule has 1 fully saturated rings. The molecule has 1 aliphatic heterocycles. The first-order valence-corrected chi connectivity index (χ1v) is 11.5. The van der Waals surface area contributed by atoms with Crippen molar-refractivity contribution in [3.05, 3.63) is 28.4 Å². The average molecular weight is 493 g/mol. The van der Waals surface area contributed by atoms with Crippen molar-refractivity contribution < 1.29 is 18.9 Å². The van der Waals surface area contributed by atoms with Crippen molar-refractivity contribution in [1.82, 2.24) is 15.0 Å². The van der Waals surface area contributed by atoms with Gasteiger partial charge in [0.2, 0.25) is 11.8 Å². The van der Waals surface area contributed by atoms with Crippen LogP contribution in [0.5, 0.6) is 17.4 Å². The Hall–Kier alpha value is -2.55. The van der Waals surface area contributed by atoms with E-state index < -0.39 is 0 Å². The minimum absolute atomic E-state index is 0.125. The predicted molar refractivity (Wildman–Crippen MR) is 129 cm³/mol. The molecule has 2 aromatic heterocycles. The first-order chi connectivity index (χ1) is 15.9. The lowest BCUT2D eigenvalue weighted by atomic mass is 10.1. The zero-order valence-corrected chi connectivity index (χ0v) is 20.5. The molecule has 0 aliphatic carbocycles. The number of nitrogens with one attached hydrogen (secondary N) is 1. The van der Waals surface area contributed by atoms with Crippen LogP contribution in [-0.2, 0) is 4.74 Å². The third-order valence-corrected chi connectivity index (χ3v) is 5.95. The van der Waals surface area contributed by atoms with E-state index in [0.29, 0.717) is 56.8 Å². The van der Waals surface area contributed by atoms with Crippen LogP contribution in [0.2, 0.25) is 10.0 Å². The fourth-order valence-electron chi connectivity index (χ4n) is 3.66. The highest BCUT2D eigenvalue weighted by molar-refractivity contribution is 6.41. The molecular weight excluding hydrogens is 467 g/mol. The summed E-state index contributed by atoms with van der Waals surface area (Å²) in [5.41, 5.74) is 1.56. The van der Waals surface area contributed by atoms with Gasteiger partial charge in [-0.1, -0.05) is 23.2 Å². The van der Waals surface area contributed by atoms with Gasteiger partial charge in [-0.3, -0.25) is 0 Å². The second-order valence-corrected chi connectivity index (χ2v) is 8.71. The van der Waals surface area contributed by atoms with Gasteiger partial charge in [0.05, 0.1) is 48.7 Å². The van der Waals surface area contributed by atoms with Crippen LogP contribution in [-0.4, -0.2) is 54.5 Å². The molecule has 10 heteroatoms. The summed E-state index contributed by atoms with van der Waals surface area (Å²) in [5, 5.41) is 4.72. The van der Waals surface area contributed by atoms with Crippen LogP contribution in [0.1, 0.15) is 26.7 Å². The smallest absolute Gasteiger partial charge is 0.241 e. The summed E-state index contributed by atoms with van der Waals surface area (Å²) in [6.07, 6.45) is 3.61. The van der Waals surface area contributed by atoms with Crippen LogP contribution in [0.4, 0.5) is 5.95 Å². The van der Waals surface area contributed by atoms with Crippen molar-refractivity contribution in [1.29, 1.82) is 0 Å². The number of methoxy groups -OCH3 is 2. The molecule has 1 saturated heterocycles. The van der Waals surface area contributed by atoms with Gasteiger partial charge in [-0.15, -0.1) is 0 Å². The Kier molecular flexibility index (Phi) is 7.26. The van der Waals surface area contributed by atoms with E-state index in [4.69, 9.17) is 47.1 Å². The van der Waals surface area contributed by atoms with Crippen molar-refractivity contribution in [3.63, 3.8) is 0 Å². The lowest BCUT2D eigenvalue weighted by Crippen LogP contribution is -2.30. The summed E-state index contributed by atoms with van der Waals surface area (Å²) in [4.78, 5) is 13.9. The Morgan fingerprint density at radius 2 is 1.82 bits per heavy atom. The van der Waals surface area contributed by atoms with Gasteiger partial charge in [-0.05, 0) is 32.8 Å². The molecular formula is C23H26Cl2N4O4. The van der Waals surface area contributed by atoms with E-state index in [9.17, 15) is 0 Å². The molecule has 0 bridgehead atoms. The number of aromatic nitrogens is 3. The molecule has 0 saturated carbocycles. The third-order valence-electron chi connectivity index (χ3n) is 5.20. The average Bonchev–Trinajstić information content (AvgIpc) is 2.80. The van der Waals surface area contributed by atoms with Crippen molar-refractivity contribution in [2.75, 3.05) is 32.8 Å². The number of pyridine rings is 1. The quantitative estimate of drug-likeness (QED) is 0.469. The number of halogens is 2. The molecule has 0 spiro atoms. The Bertz CT molecular complexity index is 1120. The normalized spacial score (nSPS) is 16.2. The number of hydrogen-bond donors (Lipinski definition) is 1. The second kappa shape index (κ2) is 10.2. The maximum Gasteiger partial charge on any atom is 0.241 e. The Balaban J connectivity index is 1.83. The number of fused-ring (bicyclic) bond motifs is 1. The zero-order valence-electron chi connectivity index (χ0n) is 18.9. The lowest BCUT2D eigenvalue weighted by Gasteiger charge is -2.23. The molecule has 3 heterocycles. The van der Waals surface area contributed by atoms with Crippen LogP contribution in [0.25, 0.3) is 22.2 Å². The van der Waals surface area contributed by atoms with Crippen LogP contribution >= 0.6 is 23.2 Å². The van der Waals surface area contributed by atoms with E-state index in [-0.39, 0.29) is 12.1 Å². The van der Waals surface area contributed by atoms with Crippen LogP contribution in [0, 0.1) is 0 Å². The number of anilines is 1. The number of nitrogens with zero attached hydrogens (tertiary/aromatic N) is 3. The van der Waals surface area contributed by atoms with Crippen molar-refractivity contribution in [2.45, 2.75) is 38.8 Å². The molecule has 8 nitrogen and oxygen atoms in total. The minimum Gasteiger partial charge on any atom is -0.495 e. The van der Waals surface area contributed by atoms with Gasteiger partial charge < -0.3 is 24.3 Å². The van der Waals surface area contributed by atoms with E-state index in [2.05, 4.69) is 15.3 Å². The topological polar surface area (TPSA) is 87.6 Å². The predicted octanol–water partition coefficient (Wildman–Crippen LogP) is 5.39. The third kappa shape index (κ3) is 5.03. The Labute approximate surface area is 202 Å². The van der Waals surface area contributed by atoms with E-state index in [0.717, 1.165) is 24.8 Å². The number of ether oxygens (including phenoxy) is 4. The monoisotopic (exact) mass is 492 g/mol. The summed E-state index contributed by atoms with van der Waals surface area (Å²) >= 11 is 13.2. The second-order valence-electron chi connectivity index (χ2n) is 7.95. The van der Waals surface area contributed by atoms with Gasteiger partial charge in [-0.2, -0.15) is 0 Å². The molecule has 0 radical (unpaired) electrons. The molecule has 1 aromatic carbocycles. The molecule has 33 heavy (non-hydrogen) atoms. The molecule has 1 aliphatic rings. The van der Waals surface area contributed by atoms with Crippen LogP contribution < -0.4 is 19.5 Å². The van der Waals surface area contributed by atoms with Crippen LogP contribution in [0.15, 0.2) is 18.3 Å². The lowest BCUT2D eigenvalue weighted by molar-refractivity contribution is 0.0874. The fourth-order valence-corrected chi connectivity index (χ4v) is 4.36. The molecule has 1 unspecified atom stereocenters. The number of hydrogen-bond acceptors (Lipinski definition) is 8. The van der Waals surface area contributed by atoms with E-state index in [1.54, 1.807) is 12.3 Å². The largest absolute Gasteiger partial charge is 0.495 e. The summed E-state index contributed by atoms with van der Waals surface area (Å²) in [6, 6.07) is 3.62. The SMILES string of the molecule is COc1cc(OC)c(Cl)c(-c2cc3cnc(NC4CCCOC4)nc3c(OC(C)C)n2)c1Cl. The molecule has 0 amide bonds. The van der Waals surface area contributed by atoms with Gasteiger partial charge in [0.1, 0.15) is 17.0 Å². The maximum atomic E-state index is 6.62. The number of rotatable bonds is 7. The molecule has 3 aromatic rings. The van der Waals surface area contributed by atoms with E-state index >= 15 is 0 Å². The van der Waals surface area contributed by atoms with Gasteiger partial charge in [0, 0.05) is 29.8 Å². The molecule has 1 N–H and O–H groups in total. The van der Waals surface area contributed by atoms with E-state index in [1.807, 2.05) is 19.9 Å². The molecule has 1 atom stereocenters. The highest BCUT2D eigenvalue weighted by Gasteiger charge is 2.23. The highest BCUT2D eigenvalue weighted by atomic mass is 35.5. The Morgan fingerprint density at radius 1 is 1.09 bits per heavy atom. The standard InChI is InChI=1S/C23H26Cl2N4O4/c1-12(2)33-22-21-13(10-26-23(29-21)27-14-6-5-7-32-11-14)8-15(28-22)18-19(24)16(30-3)9-17(31-4)20(18)25/h8-10,12,14H,5-7,11H2,1-4H3,(H,26,27,29). The fraction of sp³-hybridized carbons (Fsp3) is 0.435. The van der Waals surface area contributed by atoms with Gasteiger partial charge in [-0.25, -0.2) is 15.0 Å². The number of benzene rings is 1. The van der Waals surface area contributed by atoms with Crippen LogP contribution in [0.3, 0.4) is 0 Å². The van der Waals surface area contributed by atoms with Gasteiger partial charge in [0.25, 0.3) is 0 Å². The zero-order chi connectivity index (χ0) is 23.5. The minimum atomic E-state index is -0.125. The first-order valence-electron chi connectivity index (χ1n) is 10.7. The molecule has 4 rings (SSSR count). The van der Waals surface area contributed by atoms with Crippen molar-refractivity contribution >= 4 is 40.1 Å². The van der Waals surface area contributed by atoms with E-state index in [1.165, 1.54) is 14.2 Å².